The zero-order chi connectivity index (χ0) is 12.4. The third kappa shape index (κ3) is 2.78. The van der Waals surface area contributed by atoms with E-state index in [0.29, 0.717) is 11.0 Å². The Morgan fingerprint density at radius 2 is 2.35 bits per heavy atom. The van der Waals surface area contributed by atoms with E-state index in [0.717, 1.165) is 28.8 Å². The van der Waals surface area contributed by atoms with Crippen LogP contribution >= 0.6 is 28.1 Å². The molecule has 1 heterocycles. The molecular formula is C12H15BrN2OS. The third-order valence-corrected chi connectivity index (χ3v) is 3.84. The Morgan fingerprint density at radius 3 is 2.94 bits per heavy atom. The standard InChI is InChI=1S/C12H15BrN2OS/c1-7-9(5-6-16-7)15-10-4-2-3-8(13)11(10)12(14)17/h2-4,7,9,15H,5-6H2,1H3,(H2,14,17). The van der Waals surface area contributed by atoms with Crippen molar-refractivity contribution in [2.24, 2.45) is 5.73 Å². The second-order valence-electron chi connectivity index (χ2n) is 4.14. The van der Waals surface area contributed by atoms with Gasteiger partial charge in [0.2, 0.25) is 0 Å². The Labute approximate surface area is 115 Å². The highest BCUT2D eigenvalue weighted by molar-refractivity contribution is 9.10. The average molecular weight is 315 g/mol. The highest BCUT2D eigenvalue weighted by Crippen LogP contribution is 2.27. The van der Waals surface area contributed by atoms with Gasteiger partial charge in [-0.2, -0.15) is 0 Å². The van der Waals surface area contributed by atoms with Crippen molar-refractivity contribution in [3.8, 4) is 0 Å². The van der Waals surface area contributed by atoms with E-state index in [1.54, 1.807) is 0 Å². The number of hydrogen-bond donors (Lipinski definition) is 2. The third-order valence-electron chi connectivity index (χ3n) is 2.98. The largest absolute Gasteiger partial charge is 0.389 e. The van der Waals surface area contributed by atoms with Crippen molar-refractivity contribution in [2.45, 2.75) is 25.5 Å². The highest BCUT2D eigenvalue weighted by atomic mass is 79.9. The lowest BCUT2D eigenvalue weighted by molar-refractivity contribution is 0.121. The molecule has 1 aromatic carbocycles. The van der Waals surface area contributed by atoms with E-state index in [4.69, 9.17) is 22.7 Å². The minimum Gasteiger partial charge on any atom is -0.389 e. The minimum absolute atomic E-state index is 0.216. The average Bonchev–Trinajstić information content (AvgIpc) is 2.64. The van der Waals surface area contributed by atoms with Crippen LogP contribution < -0.4 is 11.1 Å². The van der Waals surface area contributed by atoms with Crippen LogP contribution in [0.1, 0.15) is 18.9 Å². The Morgan fingerprint density at radius 1 is 1.59 bits per heavy atom. The molecule has 1 aliphatic heterocycles. The van der Waals surface area contributed by atoms with Crippen LogP contribution in [0.25, 0.3) is 0 Å². The van der Waals surface area contributed by atoms with Gasteiger partial charge in [-0.3, -0.25) is 0 Å². The quantitative estimate of drug-likeness (QED) is 0.842. The van der Waals surface area contributed by atoms with Crippen LogP contribution in [0.2, 0.25) is 0 Å². The fourth-order valence-corrected chi connectivity index (χ4v) is 2.95. The summed E-state index contributed by atoms with van der Waals surface area (Å²) in [6, 6.07) is 6.21. The summed E-state index contributed by atoms with van der Waals surface area (Å²) in [4.78, 5) is 0.395. The van der Waals surface area contributed by atoms with Crippen LogP contribution in [0.5, 0.6) is 0 Å². The number of ether oxygens (including phenoxy) is 1. The molecule has 0 saturated carbocycles. The minimum atomic E-state index is 0.216. The summed E-state index contributed by atoms with van der Waals surface area (Å²) >= 11 is 8.56. The van der Waals surface area contributed by atoms with Gasteiger partial charge in [0.15, 0.2) is 0 Å². The Bertz CT molecular complexity index is 439. The molecular weight excluding hydrogens is 300 g/mol. The summed E-state index contributed by atoms with van der Waals surface area (Å²) in [6.45, 7) is 2.87. The highest BCUT2D eigenvalue weighted by Gasteiger charge is 2.25. The molecule has 2 atom stereocenters. The molecule has 3 nitrogen and oxygen atoms in total. The first-order chi connectivity index (χ1) is 8.09. The summed E-state index contributed by atoms with van der Waals surface area (Å²) in [5.74, 6) is 0. The summed E-state index contributed by atoms with van der Waals surface area (Å²) in [6.07, 6.45) is 1.22. The molecule has 2 rings (SSSR count). The van der Waals surface area contributed by atoms with Gasteiger partial charge in [-0.05, 0) is 41.4 Å². The number of rotatable bonds is 3. The summed E-state index contributed by atoms with van der Waals surface area (Å²) < 4.78 is 6.45. The van der Waals surface area contributed by atoms with Crippen molar-refractivity contribution in [1.29, 1.82) is 0 Å². The SMILES string of the molecule is CC1OCCC1Nc1cccc(Br)c1C(N)=S. The zero-order valence-electron chi connectivity index (χ0n) is 9.57. The van der Waals surface area contributed by atoms with Gasteiger partial charge in [-0.25, -0.2) is 0 Å². The van der Waals surface area contributed by atoms with Crippen LogP contribution in [0.3, 0.4) is 0 Å². The number of hydrogen-bond acceptors (Lipinski definition) is 3. The van der Waals surface area contributed by atoms with Crippen LogP contribution in [0.15, 0.2) is 22.7 Å². The Hall–Kier alpha value is -0.650. The van der Waals surface area contributed by atoms with Crippen molar-refractivity contribution in [3.63, 3.8) is 0 Å². The van der Waals surface area contributed by atoms with Gasteiger partial charge in [-0.1, -0.05) is 18.3 Å². The monoisotopic (exact) mass is 314 g/mol. The van der Waals surface area contributed by atoms with Crippen molar-refractivity contribution >= 4 is 38.8 Å². The van der Waals surface area contributed by atoms with Gasteiger partial charge >= 0.3 is 0 Å². The second kappa shape index (κ2) is 5.33. The molecule has 5 heteroatoms. The molecule has 0 amide bonds. The van der Waals surface area contributed by atoms with Gasteiger partial charge in [0.1, 0.15) is 4.99 Å². The zero-order valence-corrected chi connectivity index (χ0v) is 12.0. The number of anilines is 1. The Balaban J connectivity index is 2.26. The van der Waals surface area contributed by atoms with E-state index < -0.39 is 0 Å². The van der Waals surface area contributed by atoms with Crippen molar-refractivity contribution in [2.75, 3.05) is 11.9 Å². The van der Waals surface area contributed by atoms with Crippen LogP contribution in [0.4, 0.5) is 5.69 Å². The Kier molecular flexibility index (Phi) is 4.01. The van der Waals surface area contributed by atoms with E-state index in [9.17, 15) is 0 Å². The lowest BCUT2D eigenvalue weighted by Gasteiger charge is -2.20. The molecule has 1 aromatic rings. The van der Waals surface area contributed by atoms with Gasteiger partial charge in [-0.15, -0.1) is 0 Å². The molecule has 1 aliphatic rings. The van der Waals surface area contributed by atoms with Crippen LogP contribution in [-0.4, -0.2) is 23.7 Å². The number of nitrogens with two attached hydrogens (primary N) is 1. The fraction of sp³-hybridized carbons (Fsp3) is 0.417. The van der Waals surface area contributed by atoms with Crippen LogP contribution in [0, 0.1) is 0 Å². The fourth-order valence-electron chi connectivity index (χ4n) is 2.02. The lowest BCUT2D eigenvalue weighted by Crippen LogP contribution is -2.28. The predicted molar refractivity (Wildman–Crippen MR) is 77.5 cm³/mol. The lowest BCUT2D eigenvalue weighted by atomic mass is 10.1. The van der Waals surface area contributed by atoms with Gasteiger partial charge < -0.3 is 15.8 Å². The summed E-state index contributed by atoms with van der Waals surface area (Å²) in [5.41, 5.74) is 7.58. The van der Waals surface area contributed by atoms with Crippen molar-refractivity contribution < 1.29 is 4.74 Å². The van der Waals surface area contributed by atoms with Gasteiger partial charge in [0.05, 0.1) is 12.1 Å². The first-order valence-electron chi connectivity index (χ1n) is 5.56. The van der Waals surface area contributed by atoms with E-state index in [-0.39, 0.29) is 6.10 Å². The first-order valence-corrected chi connectivity index (χ1v) is 6.76. The molecule has 2 unspecified atom stereocenters. The molecule has 1 fully saturated rings. The normalized spacial score (nSPS) is 23.6. The molecule has 0 spiro atoms. The van der Waals surface area contributed by atoms with E-state index >= 15 is 0 Å². The van der Waals surface area contributed by atoms with E-state index in [1.807, 2.05) is 18.2 Å². The topological polar surface area (TPSA) is 47.3 Å². The smallest absolute Gasteiger partial charge is 0.107 e. The molecule has 3 N–H and O–H groups in total. The number of benzene rings is 1. The molecule has 17 heavy (non-hydrogen) atoms. The second-order valence-corrected chi connectivity index (χ2v) is 5.44. The number of nitrogens with one attached hydrogen (secondary N) is 1. The van der Waals surface area contributed by atoms with Crippen molar-refractivity contribution in [1.82, 2.24) is 0 Å². The maximum Gasteiger partial charge on any atom is 0.107 e. The first kappa shape index (κ1) is 12.8. The molecule has 0 radical (unpaired) electrons. The molecule has 0 bridgehead atoms. The maximum atomic E-state index is 5.75. The van der Waals surface area contributed by atoms with Crippen LogP contribution in [-0.2, 0) is 4.74 Å². The molecule has 0 aliphatic carbocycles. The summed E-state index contributed by atoms with van der Waals surface area (Å²) in [5, 5.41) is 3.46. The van der Waals surface area contributed by atoms with Crippen molar-refractivity contribution in [3.05, 3.63) is 28.2 Å². The number of thiocarbonyl (C=S) groups is 1. The summed E-state index contributed by atoms with van der Waals surface area (Å²) in [7, 11) is 0. The number of halogens is 1. The molecule has 1 saturated heterocycles. The maximum absolute atomic E-state index is 5.75. The molecule has 92 valence electrons. The predicted octanol–water partition coefficient (Wildman–Crippen LogP) is 2.67. The van der Waals surface area contributed by atoms with E-state index in [1.165, 1.54) is 0 Å². The molecule has 0 aromatic heterocycles. The van der Waals surface area contributed by atoms with E-state index in [2.05, 4.69) is 28.2 Å². The van der Waals surface area contributed by atoms with Gasteiger partial charge in [0, 0.05) is 22.3 Å². The van der Waals surface area contributed by atoms with Gasteiger partial charge in [0.25, 0.3) is 0 Å².